The fraction of sp³-hybridized carbons (Fsp3) is 0.471. The predicted octanol–water partition coefficient (Wildman–Crippen LogP) is 1.97. The molecule has 1 amide bonds. The Kier molecular flexibility index (Phi) is 4.60. The zero-order valence-corrected chi connectivity index (χ0v) is 14.5. The Labute approximate surface area is 145 Å². The van der Waals surface area contributed by atoms with Gasteiger partial charge in [-0.05, 0) is 37.5 Å². The van der Waals surface area contributed by atoms with Gasteiger partial charge in [0.05, 0.1) is 6.54 Å². The van der Waals surface area contributed by atoms with Crippen molar-refractivity contribution in [2.24, 2.45) is 0 Å². The predicted molar refractivity (Wildman–Crippen MR) is 90.7 cm³/mol. The molecule has 0 saturated heterocycles. The topological polar surface area (TPSA) is 80.0 Å². The molecule has 2 unspecified atom stereocenters. The van der Waals surface area contributed by atoms with Crippen molar-refractivity contribution in [3.8, 4) is 0 Å². The molecule has 2 atom stereocenters. The van der Waals surface area contributed by atoms with Crippen LogP contribution in [0.5, 0.6) is 0 Å². The van der Waals surface area contributed by atoms with Gasteiger partial charge in [0, 0.05) is 17.5 Å². The van der Waals surface area contributed by atoms with Crippen LogP contribution in [0.15, 0.2) is 24.3 Å². The van der Waals surface area contributed by atoms with Gasteiger partial charge in [0.2, 0.25) is 0 Å². The van der Waals surface area contributed by atoms with E-state index in [-0.39, 0.29) is 12.5 Å². The van der Waals surface area contributed by atoms with Gasteiger partial charge in [-0.15, -0.1) is 0 Å². The van der Waals surface area contributed by atoms with E-state index in [4.69, 9.17) is 11.6 Å². The lowest BCUT2D eigenvalue weighted by Gasteiger charge is -2.30. The van der Waals surface area contributed by atoms with E-state index in [1.54, 1.807) is 31.2 Å². The highest BCUT2D eigenvalue weighted by molar-refractivity contribution is 6.30. The largest absolute Gasteiger partial charge is 0.375 e. The zero-order valence-electron chi connectivity index (χ0n) is 13.8. The fourth-order valence-corrected chi connectivity index (χ4v) is 3.29. The third-order valence-corrected chi connectivity index (χ3v) is 4.72. The monoisotopic (exact) mass is 348 g/mol. The summed E-state index contributed by atoms with van der Waals surface area (Å²) in [4.78, 5) is 17.1. The first kappa shape index (κ1) is 16.9. The van der Waals surface area contributed by atoms with E-state index < -0.39 is 11.5 Å². The number of hydrogen-bond donors (Lipinski definition) is 2. The van der Waals surface area contributed by atoms with Crippen molar-refractivity contribution in [1.82, 2.24) is 20.1 Å². The lowest BCUT2D eigenvalue weighted by atomic mass is 9.89. The zero-order chi connectivity index (χ0) is 17.3. The van der Waals surface area contributed by atoms with Crippen LogP contribution in [0, 0.1) is 6.92 Å². The molecule has 0 bridgehead atoms. The molecule has 7 heteroatoms. The second-order valence-electron chi connectivity index (χ2n) is 6.19. The molecule has 24 heavy (non-hydrogen) atoms. The first-order valence-corrected chi connectivity index (χ1v) is 8.50. The number of aryl methyl sites for hydroxylation is 2. The first-order valence-electron chi connectivity index (χ1n) is 8.12. The Morgan fingerprint density at radius 1 is 1.54 bits per heavy atom. The third kappa shape index (κ3) is 3.16. The van der Waals surface area contributed by atoms with Gasteiger partial charge in [0.25, 0.3) is 5.91 Å². The molecule has 0 radical (unpaired) electrons. The van der Waals surface area contributed by atoms with Crippen molar-refractivity contribution in [2.75, 3.05) is 0 Å². The van der Waals surface area contributed by atoms with Crippen LogP contribution in [-0.4, -0.2) is 31.8 Å². The van der Waals surface area contributed by atoms with Crippen LogP contribution in [0.4, 0.5) is 0 Å². The van der Waals surface area contributed by atoms with Crippen molar-refractivity contribution in [1.29, 1.82) is 0 Å². The van der Waals surface area contributed by atoms with E-state index in [0.29, 0.717) is 17.1 Å². The number of fused-ring (bicyclic) bond motifs is 1. The highest BCUT2D eigenvalue weighted by Gasteiger charge is 2.37. The van der Waals surface area contributed by atoms with Gasteiger partial charge in [0.15, 0.2) is 5.60 Å². The summed E-state index contributed by atoms with van der Waals surface area (Å²) in [5.41, 5.74) is -1.09. The number of aliphatic hydroxyl groups is 1. The number of rotatable bonds is 4. The van der Waals surface area contributed by atoms with E-state index in [1.807, 2.05) is 11.6 Å². The molecule has 0 aliphatic carbocycles. The van der Waals surface area contributed by atoms with Crippen molar-refractivity contribution in [3.63, 3.8) is 0 Å². The molecular weight excluding hydrogens is 328 g/mol. The maximum atomic E-state index is 12.7. The summed E-state index contributed by atoms with van der Waals surface area (Å²) in [6, 6.07) is 6.72. The standard InChI is InChI=1S/C17H21ClN4O2/c1-3-17(24,12-5-4-6-13(18)9-12)16(23)20-14-7-8-15-19-11(2)21-22(15)10-14/h4-6,9,14,24H,3,7-8,10H2,1-2H3,(H,20,23). The molecule has 0 fully saturated rings. The minimum atomic E-state index is -1.59. The van der Waals surface area contributed by atoms with E-state index >= 15 is 0 Å². The average molecular weight is 349 g/mol. The third-order valence-electron chi connectivity index (χ3n) is 4.49. The molecule has 2 aromatic rings. The number of amides is 1. The van der Waals surface area contributed by atoms with Crippen LogP contribution in [0.1, 0.15) is 37.0 Å². The van der Waals surface area contributed by atoms with Gasteiger partial charge in [-0.25, -0.2) is 9.67 Å². The highest BCUT2D eigenvalue weighted by Crippen LogP contribution is 2.28. The summed E-state index contributed by atoms with van der Waals surface area (Å²) in [6.07, 6.45) is 1.80. The highest BCUT2D eigenvalue weighted by atomic mass is 35.5. The number of benzene rings is 1. The molecule has 1 aliphatic rings. The normalized spacial score (nSPS) is 19.4. The summed E-state index contributed by atoms with van der Waals surface area (Å²) >= 11 is 6.00. The number of halogens is 1. The Balaban J connectivity index is 1.76. The molecule has 0 saturated carbocycles. The van der Waals surface area contributed by atoms with Gasteiger partial charge < -0.3 is 10.4 Å². The summed E-state index contributed by atoms with van der Waals surface area (Å²) < 4.78 is 1.83. The Morgan fingerprint density at radius 3 is 3.04 bits per heavy atom. The van der Waals surface area contributed by atoms with Crippen LogP contribution in [0.25, 0.3) is 0 Å². The van der Waals surface area contributed by atoms with E-state index in [0.717, 1.165) is 24.5 Å². The van der Waals surface area contributed by atoms with Gasteiger partial charge >= 0.3 is 0 Å². The van der Waals surface area contributed by atoms with Crippen molar-refractivity contribution in [3.05, 3.63) is 46.5 Å². The van der Waals surface area contributed by atoms with Gasteiger partial charge in [-0.3, -0.25) is 4.79 Å². The first-order chi connectivity index (χ1) is 11.4. The van der Waals surface area contributed by atoms with Crippen LogP contribution >= 0.6 is 11.6 Å². The maximum absolute atomic E-state index is 12.7. The Morgan fingerprint density at radius 2 is 2.33 bits per heavy atom. The summed E-state index contributed by atoms with van der Waals surface area (Å²) in [6.45, 7) is 4.20. The van der Waals surface area contributed by atoms with E-state index in [2.05, 4.69) is 15.4 Å². The summed E-state index contributed by atoms with van der Waals surface area (Å²) in [5, 5.41) is 18.7. The number of carbonyl (C=O) groups is 1. The number of nitrogens with one attached hydrogen (secondary N) is 1. The van der Waals surface area contributed by atoms with E-state index in [9.17, 15) is 9.90 Å². The van der Waals surface area contributed by atoms with Crippen molar-refractivity contribution < 1.29 is 9.90 Å². The van der Waals surface area contributed by atoms with Gasteiger partial charge in [-0.1, -0.05) is 30.7 Å². The maximum Gasteiger partial charge on any atom is 0.256 e. The Hall–Kier alpha value is -1.92. The molecule has 6 nitrogen and oxygen atoms in total. The second kappa shape index (κ2) is 6.53. The quantitative estimate of drug-likeness (QED) is 0.885. The molecule has 1 aromatic heterocycles. The smallest absolute Gasteiger partial charge is 0.256 e. The van der Waals surface area contributed by atoms with Crippen LogP contribution in [0.3, 0.4) is 0 Å². The number of nitrogens with zero attached hydrogens (tertiary/aromatic N) is 3. The SMILES string of the molecule is CCC(O)(C(=O)NC1CCc2nc(C)nn2C1)c1cccc(Cl)c1. The molecule has 1 aromatic carbocycles. The minimum Gasteiger partial charge on any atom is -0.375 e. The van der Waals surface area contributed by atoms with Crippen molar-refractivity contribution in [2.45, 2.75) is 51.3 Å². The van der Waals surface area contributed by atoms with Crippen LogP contribution in [-0.2, 0) is 23.4 Å². The molecule has 2 N–H and O–H groups in total. The second-order valence-corrected chi connectivity index (χ2v) is 6.63. The van der Waals surface area contributed by atoms with Crippen LogP contribution < -0.4 is 5.32 Å². The van der Waals surface area contributed by atoms with Gasteiger partial charge in [0.1, 0.15) is 11.6 Å². The minimum absolute atomic E-state index is 0.0802. The number of carbonyl (C=O) groups excluding carboxylic acids is 1. The van der Waals surface area contributed by atoms with Crippen LogP contribution in [0.2, 0.25) is 5.02 Å². The fourth-order valence-electron chi connectivity index (χ4n) is 3.10. The average Bonchev–Trinajstić information content (AvgIpc) is 2.93. The molecule has 1 aliphatic heterocycles. The lowest BCUT2D eigenvalue weighted by Crippen LogP contribution is -2.50. The number of aromatic nitrogens is 3. The molecule has 2 heterocycles. The van der Waals surface area contributed by atoms with Gasteiger partial charge in [-0.2, -0.15) is 5.10 Å². The molecule has 0 spiro atoms. The number of hydrogen-bond acceptors (Lipinski definition) is 4. The summed E-state index contributed by atoms with van der Waals surface area (Å²) in [5.74, 6) is 1.28. The summed E-state index contributed by atoms with van der Waals surface area (Å²) in [7, 11) is 0. The van der Waals surface area contributed by atoms with E-state index in [1.165, 1.54) is 0 Å². The lowest BCUT2D eigenvalue weighted by molar-refractivity contribution is -0.142. The molecule has 3 rings (SSSR count). The molecule has 128 valence electrons. The Bertz CT molecular complexity index is 761. The molecular formula is C17H21ClN4O2. The van der Waals surface area contributed by atoms with Crippen molar-refractivity contribution >= 4 is 17.5 Å².